The number of hydrogen-bond donors (Lipinski definition) is 2. The molecule has 0 aliphatic carbocycles. The number of aryl methyl sites for hydroxylation is 3. The summed E-state index contributed by atoms with van der Waals surface area (Å²) in [5, 5.41) is 13.0. The first-order valence-electron chi connectivity index (χ1n) is 7.00. The Labute approximate surface area is 124 Å². The van der Waals surface area contributed by atoms with E-state index in [9.17, 15) is 9.90 Å². The Bertz CT molecular complexity index is 658. The van der Waals surface area contributed by atoms with Crippen LogP contribution in [0.2, 0.25) is 0 Å². The van der Waals surface area contributed by atoms with Crippen molar-refractivity contribution in [3.8, 4) is 0 Å². The van der Waals surface area contributed by atoms with E-state index in [0.29, 0.717) is 11.3 Å². The van der Waals surface area contributed by atoms with Crippen molar-refractivity contribution in [1.82, 2.24) is 5.32 Å². The van der Waals surface area contributed by atoms with E-state index in [1.807, 2.05) is 45.0 Å². The molecular weight excluding hydrogens is 266 g/mol. The van der Waals surface area contributed by atoms with E-state index in [2.05, 4.69) is 5.32 Å². The van der Waals surface area contributed by atoms with Gasteiger partial charge in [-0.05, 0) is 38.8 Å². The van der Waals surface area contributed by atoms with Crippen LogP contribution in [0.15, 0.2) is 28.7 Å². The maximum absolute atomic E-state index is 12.2. The third kappa shape index (κ3) is 3.16. The van der Waals surface area contributed by atoms with Crippen molar-refractivity contribution >= 4 is 5.91 Å². The third-order valence-electron chi connectivity index (χ3n) is 3.79. The van der Waals surface area contributed by atoms with Gasteiger partial charge in [0.25, 0.3) is 5.91 Å². The number of aliphatic hydroxyl groups excluding tert-OH is 1. The van der Waals surface area contributed by atoms with Crippen LogP contribution < -0.4 is 5.32 Å². The Kier molecular flexibility index (Phi) is 4.48. The minimum absolute atomic E-state index is 0.173. The van der Waals surface area contributed by atoms with Crippen LogP contribution in [0.3, 0.4) is 0 Å². The number of amides is 1. The second-order valence-electron chi connectivity index (χ2n) is 5.30. The van der Waals surface area contributed by atoms with Crippen molar-refractivity contribution in [2.24, 2.45) is 0 Å². The average Bonchev–Trinajstić information content (AvgIpc) is 2.70. The molecule has 21 heavy (non-hydrogen) atoms. The van der Waals surface area contributed by atoms with Crippen LogP contribution in [0.1, 0.15) is 44.7 Å². The summed E-state index contributed by atoms with van der Waals surface area (Å²) < 4.78 is 5.45. The number of furan rings is 1. The van der Waals surface area contributed by atoms with Crippen molar-refractivity contribution < 1.29 is 14.3 Å². The molecule has 4 nitrogen and oxygen atoms in total. The molecule has 2 rings (SSSR count). The zero-order chi connectivity index (χ0) is 15.6. The van der Waals surface area contributed by atoms with E-state index in [1.165, 1.54) is 0 Å². The highest BCUT2D eigenvalue weighted by molar-refractivity contribution is 5.96. The molecule has 0 aliphatic rings. The molecule has 2 N–H and O–H groups in total. The van der Waals surface area contributed by atoms with Crippen LogP contribution in [0.5, 0.6) is 0 Å². The van der Waals surface area contributed by atoms with Gasteiger partial charge in [0.1, 0.15) is 11.5 Å². The Hall–Kier alpha value is -2.07. The molecule has 0 radical (unpaired) electrons. The van der Waals surface area contributed by atoms with Crippen LogP contribution in [0.25, 0.3) is 0 Å². The lowest BCUT2D eigenvalue weighted by atomic mass is 10.0. The maximum atomic E-state index is 12.2. The van der Waals surface area contributed by atoms with E-state index in [4.69, 9.17) is 4.42 Å². The zero-order valence-corrected chi connectivity index (χ0v) is 12.9. The van der Waals surface area contributed by atoms with Gasteiger partial charge in [0.05, 0.1) is 11.7 Å². The Balaban J connectivity index is 2.06. The van der Waals surface area contributed by atoms with Crippen molar-refractivity contribution in [2.45, 2.75) is 33.8 Å². The van der Waals surface area contributed by atoms with Gasteiger partial charge in [0.15, 0.2) is 0 Å². The molecular formula is C17H21NO3. The largest absolute Gasteiger partial charge is 0.466 e. The van der Waals surface area contributed by atoms with Gasteiger partial charge in [-0.25, -0.2) is 0 Å². The summed E-state index contributed by atoms with van der Waals surface area (Å²) >= 11 is 0. The molecule has 4 heteroatoms. The second kappa shape index (κ2) is 6.14. The summed E-state index contributed by atoms with van der Waals surface area (Å²) in [5.41, 5.74) is 3.24. The second-order valence-corrected chi connectivity index (χ2v) is 5.30. The van der Waals surface area contributed by atoms with Crippen LogP contribution in [0.4, 0.5) is 0 Å². The number of carbonyl (C=O) groups excluding carboxylic acids is 1. The van der Waals surface area contributed by atoms with Crippen molar-refractivity contribution in [3.05, 3.63) is 58.0 Å². The fourth-order valence-corrected chi connectivity index (χ4v) is 2.48. The fourth-order valence-electron chi connectivity index (χ4n) is 2.48. The summed E-state index contributed by atoms with van der Waals surface area (Å²) in [6, 6.07) is 7.60. The van der Waals surface area contributed by atoms with Gasteiger partial charge in [-0.2, -0.15) is 0 Å². The normalized spacial score (nSPS) is 12.2. The van der Waals surface area contributed by atoms with Crippen molar-refractivity contribution in [1.29, 1.82) is 0 Å². The number of nitrogens with one attached hydrogen (secondary N) is 1. The molecule has 1 heterocycles. The molecule has 0 bridgehead atoms. The number of benzene rings is 1. The summed E-state index contributed by atoms with van der Waals surface area (Å²) in [6.45, 7) is 7.58. The van der Waals surface area contributed by atoms with E-state index in [0.717, 1.165) is 22.5 Å². The first-order chi connectivity index (χ1) is 9.91. The molecule has 1 amide bonds. The molecule has 0 spiro atoms. The van der Waals surface area contributed by atoms with E-state index < -0.39 is 6.10 Å². The summed E-state index contributed by atoms with van der Waals surface area (Å²) in [6.07, 6.45) is -0.719. The molecule has 0 aliphatic heterocycles. The number of aliphatic hydroxyl groups is 1. The fraction of sp³-hybridized carbons (Fsp3) is 0.353. The van der Waals surface area contributed by atoms with Gasteiger partial charge >= 0.3 is 0 Å². The highest BCUT2D eigenvalue weighted by Crippen LogP contribution is 2.21. The minimum atomic E-state index is -0.719. The lowest BCUT2D eigenvalue weighted by Crippen LogP contribution is -2.29. The van der Waals surface area contributed by atoms with Gasteiger partial charge in [-0.3, -0.25) is 4.79 Å². The Morgan fingerprint density at radius 2 is 1.86 bits per heavy atom. The van der Waals surface area contributed by atoms with E-state index >= 15 is 0 Å². The van der Waals surface area contributed by atoms with Gasteiger partial charge < -0.3 is 14.8 Å². The lowest BCUT2D eigenvalue weighted by Gasteiger charge is -2.14. The molecule has 0 saturated heterocycles. The van der Waals surface area contributed by atoms with Crippen LogP contribution in [-0.2, 0) is 0 Å². The van der Waals surface area contributed by atoms with Crippen molar-refractivity contribution in [3.63, 3.8) is 0 Å². The molecule has 1 unspecified atom stereocenters. The van der Waals surface area contributed by atoms with Gasteiger partial charge in [-0.15, -0.1) is 0 Å². The SMILES string of the molecule is Cc1ccccc1C(O)CNC(=O)c1c(C)oc(C)c1C. The third-order valence-corrected chi connectivity index (χ3v) is 3.79. The number of rotatable bonds is 4. The Morgan fingerprint density at radius 1 is 1.19 bits per heavy atom. The first kappa shape index (κ1) is 15.3. The Morgan fingerprint density at radius 3 is 2.43 bits per heavy atom. The number of carbonyl (C=O) groups is 1. The number of hydrogen-bond acceptors (Lipinski definition) is 3. The molecule has 112 valence electrons. The van der Waals surface area contributed by atoms with E-state index in [-0.39, 0.29) is 12.5 Å². The standard InChI is InChI=1S/C17H21NO3/c1-10-7-5-6-8-14(10)15(19)9-18-17(20)16-11(2)12(3)21-13(16)4/h5-8,15,19H,9H2,1-4H3,(H,18,20). The molecule has 1 atom stereocenters. The van der Waals surface area contributed by atoms with E-state index in [1.54, 1.807) is 6.92 Å². The molecule has 0 saturated carbocycles. The molecule has 1 aromatic carbocycles. The maximum Gasteiger partial charge on any atom is 0.255 e. The predicted molar refractivity (Wildman–Crippen MR) is 81.4 cm³/mol. The molecule has 2 aromatic rings. The highest BCUT2D eigenvalue weighted by atomic mass is 16.3. The van der Waals surface area contributed by atoms with Crippen LogP contribution in [0, 0.1) is 27.7 Å². The summed E-state index contributed by atoms with van der Waals surface area (Å²) in [5.74, 6) is 1.14. The predicted octanol–water partition coefficient (Wildman–Crippen LogP) is 2.98. The van der Waals surface area contributed by atoms with Gasteiger partial charge in [0, 0.05) is 12.1 Å². The minimum Gasteiger partial charge on any atom is -0.466 e. The smallest absolute Gasteiger partial charge is 0.255 e. The van der Waals surface area contributed by atoms with Gasteiger partial charge in [-0.1, -0.05) is 24.3 Å². The topological polar surface area (TPSA) is 62.5 Å². The summed E-state index contributed by atoms with van der Waals surface area (Å²) in [4.78, 5) is 12.2. The molecule has 0 fully saturated rings. The highest BCUT2D eigenvalue weighted by Gasteiger charge is 2.19. The summed E-state index contributed by atoms with van der Waals surface area (Å²) in [7, 11) is 0. The van der Waals surface area contributed by atoms with Gasteiger partial charge in [0.2, 0.25) is 0 Å². The monoisotopic (exact) mass is 287 g/mol. The quantitative estimate of drug-likeness (QED) is 0.908. The van der Waals surface area contributed by atoms with Crippen molar-refractivity contribution in [2.75, 3.05) is 6.54 Å². The van der Waals surface area contributed by atoms with Crippen LogP contribution in [-0.4, -0.2) is 17.6 Å². The average molecular weight is 287 g/mol. The van der Waals surface area contributed by atoms with Crippen LogP contribution >= 0.6 is 0 Å². The lowest BCUT2D eigenvalue weighted by molar-refractivity contribution is 0.0914. The zero-order valence-electron chi connectivity index (χ0n) is 12.9. The molecule has 1 aromatic heterocycles. The first-order valence-corrected chi connectivity index (χ1v) is 7.00.